The number of amides is 2. The van der Waals surface area contributed by atoms with Gasteiger partial charge in [-0.25, -0.2) is 4.79 Å². The molecule has 1 aromatic rings. The van der Waals surface area contributed by atoms with E-state index < -0.39 is 34.6 Å². The summed E-state index contributed by atoms with van der Waals surface area (Å²) in [6.45, 7) is 8.51. The average molecular weight is 520 g/mol. The van der Waals surface area contributed by atoms with E-state index in [1.54, 1.807) is 12.1 Å². The van der Waals surface area contributed by atoms with E-state index in [0.29, 0.717) is 12.1 Å². The van der Waals surface area contributed by atoms with E-state index in [4.69, 9.17) is 0 Å². The van der Waals surface area contributed by atoms with Crippen molar-refractivity contribution in [1.82, 2.24) is 0 Å². The Hall–Kier alpha value is -2.96. The zero-order valence-electron chi connectivity index (χ0n) is 22.6. The van der Waals surface area contributed by atoms with Crippen LogP contribution in [0.1, 0.15) is 76.6 Å². The summed E-state index contributed by atoms with van der Waals surface area (Å²) in [4.78, 5) is 53.5. The number of imide groups is 1. The summed E-state index contributed by atoms with van der Waals surface area (Å²) in [6.07, 6.45) is 7.13. The maximum atomic E-state index is 14.3. The highest BCUT2D eigenvalue weighted by molar-refractivity contribution is 6.23. The number of benzene rings is 1. The van der Waals surface area contributed by atoms with Crippen LogP contribution in [0.25, 0.3) is 0 Å². The van der Waals surface area contributed by atoms with E-state index in [0.717, 1.165) is 32.1 Å². The number of aromatic carboxylic acids is 1. The molecule has 8 atom stereocenters. The Morgan fingerprint density at radius 2 is 1.66 bits per heavy atom. The van der Waals surface area contributed by atoms with Crippen LogP contribution in [0.15, 0.2) is 35.9 Å². The Morgan fingerprint density at radius 3 is 2.26 bits per heavy atom. The highest BCUT2D eigenvalue weighted by Crippen LogP contribution is 2.74. The molecule has 2 bridgehead atoms. The van der Waals surface area contributed by atoms with E-state index in [1.807, 2.05) is 6.92 Å². The number of hydrogen-bond donors (Lipinski definition) is 2. The number of allylic oxidation sites excluding steroid dienone is 2. The number of aliphatic carboxylic acids is 1. The molecule has 38 heavy (non-hydrogen) atoms. The summed E-state index contributed by atoms with van der Waals surface area (Å²) in [6, 6.07) is 5.99. The summed E-state index contributed by atoms with van der Waals surface area (Å²) in [7, 11) is 0. The Bertz CT molecular complexity index is 1280. The van der Waals surface area contributed by atoms with Gasteiger partial charge >= 0.3 is 11.9 Å². The Balaban J connectivity index is 1.46. The molecule has 1 heterocycles. The van der Waals surface area contributed by atoms with Gasteiger partial charge in [0.25, 0.3) is 0 Å². The highest BCUT2D eigenvalue weighted by Gasteiger charge is 2.73. The predicted octanol–water partition coefficient (Wildman–Crippen LogP) is 5.40. The van der Waals surface area contributed by atoms with E-state index in [9.17, 15) is 29.4 Å². The van der Waals surface area contributed by atoms with Gasteiger partial charge in [-0.1, -0.05) is 38.8 Å². The van der Waals surface area contributed by atoms with Crippen molar-refractivity contribution < 1.29 is 29.4 Å². The van der Waals surface area contributed by atoms with E-state index in [-0.39, 0.29) is 46.5 Å². The minimum atomic E-state index is -1.05. The number of fused-ring (bicyclic) bond motifs is 1. The summed E-state index contributed by atoms with van der Waals surface area (Å²) in [5.74, 6) is -2.62. The maximum Gasteiger partial charge on any atom is 0.335 e. The second kappa shape index (κ2) is 8.03. The van der Waals surface area contributed by atoms with Gasteiger partial charge in [-0.15, -0.1) is 0 Å². The minimum Gasteiger partial charge on any atom is -0.481 e. The normalized spacial score (nSPS) is 41.4. The Kier molecular flexibility index (Phi) is 5.35. The second-order valence-corrected chi connectivity index (χ2v) is 13.3. The summed E-state index contributed by atoms with van der Waals surface area (Å²) in [5, 5.41) is 19.6. The molecule has 7 heteroatoms. The SMILES string of the molecule is CC(C)C1=C[C@@]23CC[C@@H]4[C@](C)(CCC[C@@]4(C)C(=O)O)[C@H]2C[C@@H]1[C@H]1C(=O)N(c2ccc(C(=O)O)cc2)C(=O)[C@H]13. The molecule has 0 radical (unpaired) electrons. The third-order valence-corrected chi connectivity index (χ3v) is 11.5. The molecule has 0 aromatic heterocycles. The molecule has 2 amide bonds. The Morgan fingerprint density at radius 1 is 0.974 bits per heavy atom. The van der Waals surface area contributed by atoms with Gasteiger partial charge in [0.15, 0.2) is 0 Å². The van der Waals surface area contributed by atoms with Gasteiger partial charge in [0, 0.05) is 5.41 Å². The summed E-state index contributed by atoms with van der Waals surface area (Å²) >= 11 is 0. The first kappa shape index (κ1) is 25.3. The number of rotatable bonds is 4. The minimum absolute atomic E-state index is 0.0393. The fourth-order valence-corrected chi connectivity index (χ4v) is 9.97. The molecule has 1 aliphatic heterocycles. The third-order valence-electron chi connectivity index (χ3n) is 11.5. The molecule has 0 unspecified atom stereocenters. The number of carboxylic acids is 2. The average Bonchev–Trinajstić information content (AvgIpc) is 3.15. The fraction of sp³-hybridized carbons (Fsp3) is 0.613. The highest BCUT2D eigenvalue weighted by atomic mass is 16.4. The van der Waals surface area contributed by atoms with Crippen molar-refractivity contribution in [1.29, 1.82) is 0 Å². The van der Waals surface area contributed by atoms with Crippen molar-refractivity contribution in [2.75, 3.05) is 4.90 Å². The number of hydrogen-bond acceptors (Lipinski definition) is 4. The smallest absolute Gasteiger partial charge is 0.335 e. The van der Waals surface area contributed by atoms with Crippen molar-refractivity contribution in [3.05, 3.63) is 41.5 Å². The van der Waals surface area contributed by atoms with Crippen LogP contribution in [-0.2, 0) is 14.4 Å². The topological polar surface area (TPSA) is 112 Å². The van der Waals surface area contributed by atoms with Crippen LogP contribution in [0, 0.1) is 51.8 Å². The molecular weight excluding hydrogens is 482 g/mol. The van der Waals surface area contributed by atoms with Gasteiger partial charge < -0.3 is 10.2 Å². The standard InChI is InChI=1S/C31H37NO6/c1-16(2)20-15-31-13-10-21-29(3,11-5-12-30(21,4)28(37)38)22(31)14-19(20)23-24(31)26(34)32(25(23)33)18-8-6-17(7-9-18)27(35)36/h6-9,15-16,19,21-24H,5,10-14H2,1-4H3,(H,35,36)(H,37,38)/t19-,21+,22+,23+,24-,29-,30+,31-/m0/s1. The summed E-state index contributed by atoms with van der Waals surface area (Å²) in [5.41, 5.74) is 0.343. The molecule has 6 aliphatic rings. The van der Waals surface area contributed by atoms with Crippen molar-refractivity contribution >= 4 is 29.4 Å². The van der Waals surface area contributed by atoms with Crippen LogP contribution < -0.4 is 4.90 Å². The molecule has 7 rings (SSSR count). The molecule has 2 N–H and O–H groups in total. The van der Waals surface area contributed by atoms with Crippen LogP contribution in [0.4, 0.5) is 5.69 Å². The van der Waals surface area contributed by atoms with Gasteiger partial charge in [0.05, 0.1) is 28.5 Å². The van der Waals surface area contributed by atoms with E-state index in [1.165, 1.54) is 22.6 Å². The largest absolute Gasteiger partial charge is 0.481 e. The van der Waals surface area contributed by atoms with Crippen LogP contribution in [0.2, 0.25) is 0 Å². The van der Waals surface area contributed by atoms with Gasteiger partial charge in [0.1, 0.15) is 0 Å². The van der Waals surface area contributed by atoms with E-state index >= 15 is 0 Å². The molecule has 1 saturated heterocycles. The van der Waals surface area contributed by atoms with Crippen molar-refractivity contribution in [2.45, 2.75) is 66.2 Å². The number of carbonyl (C=O) groups is 4. The maximum absolute atomic E-state index is 14.3. The lowest BCUT2D eigenvalue weighted by atomic mass is 9.34. The van der Waals surface area contributed by atoms with Crippen LogP contribution in [0.3, 0.4) is 0 Å². The lowest BCUT2D eigenvalue weighted by Crippen LogP contribution is -2.65. The van der Waals surface area contributed by atoms with Gasteiger partial charge in [0.2, 0.25) is 11.8 Å². The molecule has 5 aliphatic carbocycles. The molecule has 4 fully saturated rings. The number of anilines is 1. The lowest BCUT2D eigenvalue weighted by molar-refractivity contribution is -0.194. The zero-order chi connectivity index (χ0) is 27.4. The molecule has 7 nitrogen and oxygen atoms in total. The molecule has 1 aromatic carbocycles. The van der Waals surface area contributed by atoms with Crippen LogP contribution in [0.5, 0.6) is 0 Å². The first-order valence-electron chi connectivity index (χ1n) is 14.0. The first-order valence-corrected chi connectivity index (χ1v) is 14.0. The fourth-order valence-electron chi connectivity index (χ4n) is 9.97. The lowest BCUT2D eigenvalue weighted by Gasteiger charge is -2.68. The molecule has 1 spiro atoms. The van der Waals surface area contributed by atoms with Crippen molar-refractivity contribution in [2.24, 2.45) is 51.8 Å². The number of carboxylic acid groups (broad SMARTS) is 2. The molecule has 202 valence electrons. The monoisotopic (exact) mass is 519 g/mol. The summed E-state index contributed by atoms with van der Waals surface area (Å²) < 4.78 is 0. The van der Waals surface area contributed by atoms with Crippen molar-refractivity contribution in [3.63, 3.8) is 0 Å². The predicted molar refractivity (Wildman–Crippen MR) is 140 cm³/mol. The second-order valence-electron chi connectivity index (χ2n) is 13.3. The zero-order valence-corrected chi connectivity index (χ0v) is 22.6. The van der Waals surface area contributed by atoms with Gasteiger partial charge in [-0.05, 0) is 92.4 Å². The quantitative estimate of drug-likeness (QED) is 0.407. The number of nitrogens with zero attached hydrogens (tertiary/aromatic N) is 1. The molecular formula is C31H37NO6. The van der Waals surface area contributed by atoms with Crippen molar-refractivity contribution in [3.8, 4) is 0 Å². The first-order chi connectivity index (χ1) is 17.9. The van der Waals surface area contributed by atoms with Gasteiger partial charge in [-0.2, -0.15) is 0 Å². The van der Waals surface area contributed by atoms with Crippen LogP contribution in [-0.4, -0.2) is 34.0 Å². The number of carbonyl (C=O) groups excluding carboxylic acids is 2. The van der Waals surface area contributed by atoms with Crippen LogP contribution >= 0.6 is 0 Å². The third kappa shape index (κ3) is 3.02. The molecule has 3 saturated carbocycles. The van der Waals surface area contributed by atoms with E-state index in [2.05, 4.69) is 26.8 Å². The van der Waals surface area contributed by atoms with Gasteiger partial charge in [-0.3, -0.25) is 19.3 Å². The Labute approximate surface area is 223 Å².